The van der Waals surface area contributed by atoms with E-state index in [0.717, 1.165) is 28.8 Å². The largest absolute Gasteiger partial charge is 0.456 e. The predicted octanol–water partition coefficient (Wildman–Crippen LogP) is 4.27. The number of carbonyl (C=O) groups excluding carboxylic acids is 1. The van der Waals surface area contributed by atoms with Gasteiger partial charge in [-0.3, -0.25) is 14.3 Å². The molecule has 1 aromatic carbocycles. The topological polar surface area (TPSA) is 99.6 Å². The highest BCUT2D eigenvalue weighted by Crippen LogP contribution is 2.46. The number of carbonyl (C=O) groups is 1. The molecule has 2 heterocycles. The van der Waals surface area contributed by atoms with Gasteiger partial charge in [0.1, 0.15) is 12.3 Å². The van der Waals surface area contributed by atoms with Crippen molar-refractivity contribution in [1.82, 2.24) is 9.55 Å². The van der Waals surface area contributed by atoms with Crippen LogP contribution >= 0.6 is 11.6 Å². The van der Waals surface area contributed by atoms with E-state index in [-0.39, 0.29) is 5.56 Å². The standard InChI is InChI=1S/C23H30ClFN2O6Si/c1-5-34(6-2,7-3)33-19-15(4)20(27-12-11-18(28)26-22(27)30)32-23(19,25)14-31-21(29)16-9-8-10-17(24)13-16/h8-13,15,19-20H,5-7,14H2,1-4H3,(H,26,28,30)/t15-,19-,20+,23+/m0/s1. The van der Waals surface area contributed by atoms with Crippen molar-refractivity contribution in [1.29, 1.82) is 0 Å². The molecule has 0 aliphatic carbocycles. The molecule has 1 N–H and O–H groups in total. The summed E-state index contributed by atoms with van der Waals surface area (Å²) in [7, 11) is -2.32. The molecule has 2 aromatic rings. The Hall–Kier alpha value is -2.27. The summed E-state index contributed by atoms with van der Waals surface area (Å²) in [5.74, 6) is -3.88. The molecule has 1 aromatic heterocycles. The summed E-state index contributed by atoms with van der Waals surface area (Å²) in [5, 5.41) is 0.346. The van der Waals surface area contributed by atoms with Gasteiger partial charge in [0.15, 0.2) is 14.9 Å². The molecule has 4 atom stereocenters. The molecule has 0 unspecified atom stereocenters. The first-order valence-electron chi connectivity index (χ1n) is 11.4. The monoisotopic (exact) mass is 512 g/mol. The Kier molecular flexibility index (Phi) is 8.17. The van der Waals surface area contributed by atoms with Crippen molar-refractivity contribution in [2.24, 2.45) is 5.92 Å². The number of hydrogen-bond donors (Lipinski definition) is 1. The second kappa shape index (κ2) is 10.6. The predicted molar refractivity (Wildman–Crippen MR) is 128 cm³/mol. The lowest BCUT2D eigenvalue weighted by Gasteiger charge is -2.36. The maximum Gasteiger partial charge on any atom is 0.338 e. The number of rotatable bonds is 9. The Morgan fingerprint density at radius 2 is 1.91 bits per heavy atom. The van der Waals surface area contributed by atoms with Crippen LogP contribution in [-0.4, -0.2) is 42.4 Å². The summed E-state index contributed by atoms with van der Waals surface area (Å²) in [6.07, 6.45) is -0.899. The van der Waals surface area contributed by atoms with Crippen molar-refractivity contribution >= 4 is 25.9 Å². The SMILES string of the molecule is CC[Si](CC)(CC)O[C@H]1[C@H](C)[C@H](n2ccc(=O)[nH]c2=O)O[C@]1(F)COC(=O)c1cccc(Cl)c1. The Labute approximate surface area is 203 Å². The minimum atomic E-state index is -2.51. The van der Waals surface area contributed by atoms with Crippen molar-refractivity contribution in [3.63, 3.8) is 0 Å². The van der Waals surface area contributed by atoms with E-state index < -0.39 is 56.2 Å². The molecular formula is C23H30ClFN2O6Si. The van der Waals surface area contributed by atoms with E-state index in [2.05, 4.69) is 4.98 Å². The number of esters is 1. The molecule has 0 saturated carbocycles. The van der Waals surface area contributed by atoms with Gasteiger partial charge in [0.2, 0.25) is 0 Å². The minimum Gasteiger partial charge on any atom is -0.456 e. The van der Waals surface area contributed by atoms with Crippen LogP contribution in [0.15, 0.2) is 46.1 Å². The van der Waals surface area contributed by atoms with E-state index in [1.165, 1.54) is 18.3 Å². The van der Waals surface area contributed by atoms with E-state index in [9.17, 15) is 14.4 Å². The highest BCUT2D eigenvalue weighted by molar-refractivity contribution is 6.73. The molecule has 1 aliphatic rings. The van der Waals surface area contributed by atoms with Crippen LogP contribution < -0.4 is 11.2 Å². The lowest BCUT2D eigenvalue weighted by atomic mass is 10.0. The molecule has 0 spiro atoms. The molecular weight excluding hydrogens is 483 g/mol. The smallest absolute Gasteiger partial charge is 0.338 e. The zero-order valence-corrected chi connectivity index (χ0v) is 21.4. The average Bonchev–Trinajstić information content (AvgIpc) is 3.06. The summed E-state index contributed by atoms with van der Waals surface area (Å²) in [6, 6.07) is 9.60. The fraction of sp³-hybridized carbons (Fsp3) is 0.522. The van der Waals surface area contributed by atoms with Gasteiger partial charge in [-0.1, -0.05) is 45.4 Å². The van der Waals surface area contributed by atoms with E-state index >= 15 is 4.39 Å². The molecule has 186 valence electrons. The number of alkyl halides is 1. The third-order valence-corrected chi connectivity index (χ3v) is 11.4. The molecule has 0 radical (unpaired) electrons. The molecule has 1 saturated heterocycles. The van der Waals surface area contributed by atoms with Gasteiger partial charge in [-0.25, -0.2) is 14.0 Å². The molecule has 11 heteroatoms. The number of hydrogen-bond acceptors (Lipinski definition) is 6. The minimum absolute atomic E-state index is 0.174. The third kappa shape index (κ3) is 5.35. The quantitative estimate of drug-likeness (QED) is 0.398. The Morgan fingerprint density at radius 1 is 1.24 bits per heavy atom. The van der Waals surface area contributed by atoms with Crippen LogP contribution in [0.1, 0.15) is 44.3 Å². The van der Waals surface area contributed by atoms with Gasteiger partial charge < -0.3 is 13.9 Å². The number of ether oxygens (including phenoxy) is 2. The van der Waals surface area contributed by atoms with Crippen molar-refractivity contribution in [3.8, 4) is 0 Å². The fourth-order valence-electron chi connectivity index (χ4n) is 4.30. The summed E-state index contributed by atoms with van der Waals surface area (Å²) in [6.45, 7) is 7.03. The zero-order valence-electron chi connectivity index (χ0n) is 19.7. The molecule has 0 amide bonds. The highest BCUT2D eigenvalue weighted by atomic mass is 35.5. The van der Waals surface area contributed by atoms with E-state index in [4.69, 9.17) is 25.5 Å². The third-order valence-electron chi connectivity index (χ3n) is 6.56. The van der Waals surface area contributed by atoms with Crippen molar-refractivity contribution in [3.05, 3.63) is 68.0 Å². The van der Waals surface area contributed by atoms with Crippen molar-refractivity contribution < 1.29 is 23.1 Å². The van der Waals surface area contributed by atoms with Gasteiger partial charge >= 0.3 is 11.7 Å². The highest BCUT2D eigenvalue weighted by Gasteiger charge is 2.58. The second-order valence-corrected chi connectivity index (χ2v) is 13.7. The molecule has 34 heavy (non-hydrogen) atoms. The molecule has 3 rings (SSSR count). The van der Waals surface area contributed by atoms with Crippen LogP contribution in [0, 0.1) is 5.92 Å². The fourth-order valence-corrected chi connectivity index (χ4v) is 7.42. The number of halogens is 2. The molecule has 1 aliphatic heterocycles. The van der Waals surface area contributed by atoms with E-state index in [1.807, 2.05) is 20.8 Å². The van der Waals surface area contributed by atoms with Crippen LogP contribution in [-0.2, 0) is 13.9 Å². The first-order chi connectivity index (χ1) is 16.1. The second-order valence-electron chi connectivity index (χ2n) is 8.54. The number of benzene rings is 1. The summed E-state index contributed by atoms with van der Waals surface area (Å²) in [4.78, 5) is 38.6. The number of nitrogens with zero attached hydrogens (tertiary/aromatic N) is 1. The van der Waals surface area contributed by atoms with Gasteiger partial charge in [0.05, 0.1) is 5.56 Å². The Bertz CT molecular complexity index is 1130. The van der Waals surface area contributed by atoms with Gasteiger partial charge in [0, 0.05) is 23.2 Å². The maximum atomic E-state index is 16.5. The van der Waals surface area contributed by atoms with Gasteiger partial charge in [0.25, 0.3) is 11.4 Å². The van der Waals surface area contributed by atoms with Gasteiger partial charge in [-0.05, 0) is 36.3 Å². The van der Waals surface area contributed by atoms with Crippen molar-refractivity contribution in [2.75, 3.05) is 6.61 Å². The van der Waals surface area contributed by atoms with Gasteiger partial charge in [-0.2, -0.15) is 0 Å². The Balaban J connectivity index is 1.93. The van der Waals surface area contributed by atoms with Crippen LogP contribution in [0.5, 0.6) is 0 Å². The van der Waals surface area contributed by atoms with Crippen LogP contribution in [0.3, 0.4) is 0 Å². The van der Waals surface area contributed by atoms with Crippen LogP contribution in [0.2, 0.25) is 23.2 Å². The lowest BCUT2D eigenvalue weighted by molar-refractivity contribution is -0.205. The Morgan fingerprint density at radius 3 is 2.50 bits per heavy atom. The van der Waals surface area contributed by atoms with Crippen LogP contribution in [0.25, 0.3) is 0 Å². The first kappa shape index (κ1) is 26.3. The van der Waals surface area contributed by atoms with Crippen LogP contribution in [0.4, 0.5) is 4.39 Å². The molecule has 1 fully saturated rings. The van der Waals surface area contributed by atoms with Crippen molar-refractivity contribution in [2.45, 2.75) is 64.0 Å². The maximum absolute atomic E-state index is 16.5. The first-order valence-corrected chi connectivity index (χ1v) is 14.3. The number of nitrogens with one attached hydrogen (secondary N) is 1. The van der Waals surface area contributed by atoms with Gasteiger partial charge in [-0.15, -0.1) is 0 Å². The molecule has 0 bridgehead atoms. The summed E-state index contributed by atoms with van der Waals surface area (Å²) in [5.41, 5.74) is -1.13. The number of H-pyrrole nitrogens is 1. The van der Waals surface area contributed by atoms with E-state index in [0.29, 0.717) is 5.02 Å². The summed E-state index contributed by atoms with van der Waals surface area (Å²) < 4.78 is 35.1. The zero-order chi connectivity index (χ0) is 25.1. The molecule has 8 nitrogen and oxygen atoms in total. The number of aromatic nitrogens is 2. The normalized spacial score (nSPS) is 24.8. The summed E-state index contributed by atoms with van der Waals surface area (Å²) >= 11 is 5.94. The average molecular weight is 513 g/mol. The lowest BCUT2D eigenvalue weighted by Crippen LogP contribution is -2.50. The van der Waals surface area contributed by atoms with E-state index in [1.54, 1.807) is 19.1 Å². The number of aromatic amines is 1.